The number of rotatable bonds is 5. The highest BCUT2D eigenvalue weighted by atomic mass is 79.9. The van der Waals surface area contributed by atoms with E-state index < -0.39 is 0 Å². The zero-order chi connectivity index (χ0) is 15.4. The van der Waals surface area contributed by atoms with Gasteiger partial charge in [0.05, 0.1) is 18.4 Å². The molecule has 1 aromatic heterocycles. The van der Waals surface area contributed by atoms with Gasteiger partial charge < -0.3 is 9.47 Å². The molecule has 0 amide bonds. The zero-order valence-corrected chi connectivity index (χ0v) is 13.7. The van der Waals surface area contributed by atoms with E-state index in [1.807, 2.05) is 25.1 Å². The molecule has 0 fully saturated rings. The van der Waals surface area contributed by atoms with Gasteiger partial charge in [0.25, 0.3) is 0 Å². The zero-order valence-electron chi connectivity index (χ0n) is 12.1. The molecule has 21 heavy (non-hydrogen) atoms. The molecule has 2 aromatic rings. The lowest BCUT2D eigenvalue weighted by molar-refractivity contribution is 0.101. The van der Waals surface area contributed by atoms with Crippen molar-refractivity contribution < 1.29 is 14.3 Å². The maximum atomic E-state index is 11.6. The quantitative estimate of drug-likeness (QED) is 0.767. The number of hydrogen-bond acceptors (Lipinski definition) is 4. The minimum atomic E-state index is -0.0407. The van der Waals surface area contributed by atoms with E-state index in [4.69, 9.17) is 9.47 Å². The number of halogens is 1. The summed E-state index contributed by atoms with van der Waals surface area (Å²) in [5, 5.41) is 0. The SMILES string of the molecule is COc1cc(C)nc(COc2ccc(Br)cc2C(C)=O)c1. The van der Waals surface area contributed by atoms with Crippen molar-refractivity contribution in [1.82, 2.24) is 4.98 Å². The number of ketones is 1. The van der Waals surface area contributed by atoms with Crippen LogP contribution in [0.5, 0.6) is 11.5 Å². The van der Waals surface area contributed by atoms with Crippen molar-refractivity contribution in [3.05, 3.63) is 51.8 Å². The number of carbonyl (C=O) groups is 1. The minimum Gasteiger partial charge on any atom is -0.497 e. The molecule has 1 aromatic carbocycles. The molecule has 5 heteroatoms. The standard InChI is InChI=1S/C16H16BrNO3/c1-10-6-14(20-3)8-13(18-10)9-21-16-5-4-12(17)7-15(16)11(2)19/h4-8H,9H2,1-3H3. The van der Waals surface area contributed by atoms with Crippen LogP contribution in [-0.4, -0.2) is 17.9 Å². The van der Waals surface area contributed by atoms with Gasteiger partial charge in [0.1, 0.15) is 18.1 Å². The first kappa shape index (κ1) is 15.5. The van der Waals surface area contributed by atoms with E-state index in [0.29, 0.717) is 11.3 Å². The lowest BCUT2D eigenvalue weighted by Gasteiger charge is -2.11. The van der Waals surface area contributed by atoms with Crippen molar-refractivity contribution in [2.24, 2.45) is 0 Å². The number of nitrogens with zero attached hydrogens (tertiary/aromatic N) is 1. The number of methoxy groups -OCH3 is 1. The Hall–Kier alpha value is -1.88. The van der Waals surface area contributed by atoms with Gasteiger partial charge in [-0.2, -0.15) is 0 Å². The lowest BCUT2D eigenvalue weighted by Crippen LogP contribution is -2.04. The van der Waals surface area contributed by atoms with Crippen molar-refractivity contribution >= 4 is 21.7 Å². The number of benzene rings is 1. The Morgan fingerprint density at radius 3 is 2.71 bits per heavy atom. The van der Waals surface area contributed by atoms with Crippen LogP contribution in [-0.2, 0) is 6.61 Å². The molecule has 0 bridgehead atoms. The third kappa shape index (κ3) is 4.04. The second-order valence-electron chi connectivity index (χ2n) is 4.63. The van der Waals surface area contributed by atoms with Gasteiger partial charge in [-0.25, -0.2) is 0 Å². The normalized spacial score (nSPS) is 10.3. The van der Waals surface area contributed by atoms with Gasteiger partial charge in [0.2, 0.25) is 0 Å². The Kier molecular flexibility index (Phi) is 4.96. The van der Waals surface area contributed by atoms with Crippen LogP contribution < -0.4 is 9.47 Å². The number of pyridine rings is 1. The number of aryl methyl sites for hydroxylation is 1. The van der Waals surface area contributed by atoms with Crippen molar-refractivity contribution in [2.45, 2.75) is 20.5 Å². The monoisotopic (exact) mass is 349 g/mol. The van der Waals surface area contributed by atoms with Gasteiger partial charge in [-0.05, 0) is 32.0 Å². The molecule has 0 aliphatic rings. The van der Waals surface area contributed by atoms with E-state index >= 15 is 0 Å². The molecule has 0 saturated carbocycles. The third-order valence-corrected chi connectivity index (χ3v) is 3.41. The van der Waals surface area contributed by atoms with E-state index in [9.17, 15) is 4.79 Å². The van der Waals surface area contributed by atoms with Crippen LogP contribution in [0, 0.1) is 6.92 Å². The molecular formula is C16H16BrNO3. The topological polar surface area (TPSA) is 48.4 Å². The summed E-state index contributed by atoms with van der Waals surface area (Å²) in [6.45, 7) is 3.69. The Morgan fingerprint density at radius 2 is 2.05 bits per heavy atom. The second-order valence-corrected chi connectivity index (χ2v) is 5.54. The Labute approximate surface area is 132 Å². The van der Waals surface area contributed by atoms with Crippen LogP contribution in [0.2, 0.25) is 0 Å². The first-order valence-electron chi connectivity index (χ1n) is 6.44. The fourth-order valence-electron chi connectivity index (χ4n) is 1.95. The highest BCUT2D eigenvalue weighted by Crippen LogP contribution is 2.25. The average molecular weight is 350 g/mol. The molecule has 0 radical (unpaired) electrons. The summed E-state index contributed by atoms with van der Waals surface area (Å²) >= 11 is 3.35. The second kappa shape index (κ2) is 6.72. The van der Waals surface area contributed by atoms with Crippen molar-refractivity contribution in [3.8, 4) is 11.5 Å². The smallest absolute Gasteiger partial charge is 0.163 e. The highest BCUT2D eigenvalue weighted by molar-refractivity contribution is 9.10. The number of carbonyl (C=O) groups excluding carboxylic acids is 1. The molecule has 110 valence electrons. The van der Waals surface area contributed by atoms with Crippen LogP contribution in [0.25, 0.3) is 0 Å². The van der Waals surface area contributed by atoms with Crippen molar-refractivity contribution in [1.29, 1.82) is 0 Å². The summed E-state index contributed by atoms with van der Waals surface area (Å²) in [4.78, 5) is 16.0. The van der Waals surface area contributed by atoms with Crippen molar-refractivity contribution in [2.75, 3.05) is 7.11 Å². The minimum absolute atomic E-state index is 0.0407. The number of hydrogen-bond donors (Lipinski definition) is 0. The van der Waals surface area contributed by atoms with Crippen LogP contribution >= 0.6 is 15.9 Å². The Balaban J connectivity index is 2.20. The van der Waals surface area contributed by atoms with Crippen molar-refractivity contribution in [3.63, 3.8) is 0 Å². The summed E-state index contributed by atoms with van der Waals surface area (Å²) in [6, 6.07) is 9.03. The molecule has 4 nitrogen and oxygen atoms in total. The fraction of sp³-hybridized carbons (Fsp3) is 0.250. The molecule has 2 rings (SSSR count). The van der Waals surface area contributed by atoms with Crippen LogP contribution in [0.1, 0.15) is 28.7 Å². The summed E-state index contributed by atoms with van der Waals surface area (Å²) in [5.74, 6) is 1.25. The summed E-state index contributed by atoms with van der Waals surface area (Å²) in [6.07, 6.45) is 0. The third-order valence-electron chi connectivity index (χ3n) is 2.91. The van der Waals surface area contributed by atoms with E-state index in [2.05, 4.69) is 20.9 Å². The molecule has 0 aliphatic heterocycles. The molecule has 0 unspecified atom stereocenters. The van der Waals surface area contributed by atoms with E-state index in [0.717, 1.165) is 21.6 Å². The maximum Gasteiger partial charge on any atom is 0.163 e. The first-order valence-corrected chi connectivity index (χ1v) is 7.23. The van der Waals surface area contributed by atoms with Crippen LogP contribution in [0.4, 0.5) is 0 Å². The largest absolute Gasteiger partial charge is 0.497 e. The van der Waals surface area contributed by atoms with Crippen LogP contribution in [0.15, 0.2) is 34.8 Å². The van der Waals surface area contributed by atoms with Gasteiger partial charge >= 0.3 is 0 Å². The number of Topliss-reactive ketones (excluding diaryl/α,β-unsaturated/α-hetero) is 1. The maximum absolute atomic E-state index is 11.6. The molecule has 0 saturated heterocycles. The predicted octanol–water partition coefficient (Wildman–Crippen LogP) is 3.94. The summed E-state index contributed by atoms with van der Waals surface area (Å²) in [5.41, 5.74) is 2.16. The molecule has 0 N–H and O–H groups in total. The molecule has 0 spiro atoms. The molecule has 0 atom stereocenters. The van der Waals surface area contributed by atoms with E-state index in [1.165, 1.54) is 6.92 Å². The lowest BCUT2D eigenvalue weighted by atomic mass is 10.1. The Bertz CT molecular complexity index is 671. The molecule has 0 aliphatic carbocycles. The summed E-state index contributed by atoms with van der Waals surface area (Å²) < 4.78 is 11.8. The average Bonchev–Trinajstić information content (AvgIpc) is 2.45. The number of aromatic nitrogens is 1. The van der Waals surface area contributed by atoms with Gasteiger partial charge in [0.15, 0.2) is 5.78 Å². The molecule has 1 heterocycles. The van der Waals surface area contributed by atoms with Crippen LogP contribution in [0.3, 0.4) is 0 Å². The van der Waals surface area contributed by atoms with E-state index in [1.54, 1.807) is 19.2 Å². The van der Waals surface area contributed by atoms with E-state index in [-0.39, 0.29) is 12.4 Å². The highest BCUT2D eigenvalue weighted by Gasteiger charge is 2.10. The fourth-order valence-corrected chi connectivity index (χ4v) is 2.31. The first-order chi connectivity index (χ1) is 9.99. The predicted molar refractivity (Wildman–Crippen MR) is 84.0 cm³/mol. The van der Waals surface area contributed by atoms with Gasteiger partial charge in [-0.1, -0.05) is 15.9 Å². The summed E-state index contributed by atoms with van der Waals surface area (Å²) in [7, 11) is 1.61. The Morgan fingerprint density at radius 1 is 1.29 bits per heavy atom. The number of ether oxygens (including phenoxy) is 2. The van der Waals surface area contributed by atoms with Gasteiger partial charge in [-0.3, -0.25) is 9.78 Å². The molecular weight excluding hydrogens is 334 g/mol. The van der Waals surface area contributed by atoms with Gasteiger partial charge in [-0.15, -0.1) is 0 Å². The van der Waals surface area contributed by atoms with Gasteiger partial charge in [0, 0.05) is 22.3 Å².